The van der Waals surface area contributed by atoms with Gasteiger partial charge in [0.15, 0.2) is 5.69 Å². The Labute approximate surface area is 171 Å². The van der Waals surface area contributed by atoms with E-state index in [1.807, 2.05) is 28.9 Å². The van der Waals surface area contributed by atoms with Gasteiger partial charge in [0.1, 0.15) is 0 Å². The van der Waals surface area contributed by atoms with Crippen LogP contribution in [0.25, 0.3) is 0 Å². The van der Waals surface area contributed by atoms with Crippen LogP contribution in [0.4, 0.5) is 0 Å². The molecule has 0 bridgehead atoms. The van der Waals surface area contributed by atoms with Crippen LogP contribution >= 0.6 is 0 Å². The highest BCUT2D eigenvalue weighted by atomic mass is 16.2. The minimum Gasteiger partial charge on any atom is -0.350 e. The molecule has 2 N–H and O–H groups in total. The van der Waals surface area contributed by atoms with Crippen LogP contribution in [0.1, 0.15) is 46.4 Å². The molecular formula is C23H27N5O. The Balaban J connectivity index is 1.41. The number of nitrogens with zero attached hydrogens (tertiary/aromatic N) is 3. The van der Waals surface area contributed by atoms with Crippen LogP contribution in [-0.4, -0.2) is 40.5 Å². The third-order valence-electron chi connectivity index (χ3n) is 5.53. The summed E-state index contributed by atoms with van der Waals surface area (Å²) in [6.07, 6.45) is 4.67. The van der Waals surface area contributed by atoms with Crippen LogP contribution in [0.15, 0.2) is 66.9 Å². The van der Waals surface area contributed by atoms with E-state index < -0.39 is 0 Å². The molecule has 3 aromatic rings. The number of nitrogens with one attached hydrogen (secondary N) is 2. The van der Waals surface area contributed by atoms with Gasteiger partial charge in [0.2, 0.25) is 0 Å². The molecular weight excluding hydrogens is 362 g/mol. The second-order valence-corrected chi connectivity index (χ2v) is 7.57. The zero-order valence-electron chi connectivity index (χ0n) is 16.5. The highest BCUT2D eigenvalue weighted by Crippen LogP contribution is 2.21. The van der Waals surface area contributed by atoms with Crippen molar-refractivity contribution in [2.75, 3.05) is 19.6 Å². The molecule has 0 aliphatic carbocycles. The third-order valence-corrected chi connectivity index (χ3v) is 5.53. The molecule has 1 aromatic heterocycles. The maximum absolute atomic E-state index is 12.7. The third kappa shape index (κ3) is 5.09. The molecule has 0 spiro atoms. The van der Waals surface area contributed by atoms with Crippen LogP contribution in [0, 0.1) is 0 Å². The number of piperidine rings is 1. The molecule has 1 fully saturated rings. The van der Waals surface area contributed by atoms with E-state index in [0.29, 0.717) is 18.3 Å². The number of hydrogen-bond acceptors (Lipinski definition) is 4. The summed E-state index contributed by atoms with van der Waals surface area (Å²) in [7, 11) is 0. The molecule has 0 radical (unpaired) electrons. The molecule has 4 rings (SSSR count). The predicted octanol–water partition coefficient (Wildman–Crippen LogP) is 2.96. The maximum Gasteiger partial charge on any atom is 0.273 e. The average molecular weight is 390 g/mol. The van der Waals surface area contributed by atoms with E-state index >= 15 is 0 Å². The van der Waals surface area contributed by atoms with E-state index in [1.54, 1.807) is 6.20 Å². The van der Waals surface area contributed by atoms with E-state index in [2.05, 4.69) is 57.3 Å². The molecule has 1 atom stereocenters. The summed E-state index contributed by atoms with van der Waals surface area (Å²) in [5.74, 6) is 0.0289. The first-order chi connectivity index (χ1) is 14.3. The van der Waals surface area contributed by atoms with Crippen molar-refractivity contribution in [3.05, 3.63) is 83.7 Å². The van der Waals surface area contributed by atoms with Crippen LogP contribution < -0.4 is 10.6 Å². The molecule has 2 heterocycles. The fourth-order valence-corrected chi connectivity index (χ4v) is 3.87. The fourth-order valence-electron chi connectivity index (χ4n) is 3.87. The lowest BCUT2D eigenvalue weighted by Crippen LogP contribution is -2.30. The van der Waals surface area contributed by atoms with Gasteiger partial charge in [0, 0.05) is 12.5 Å². The number of aromatic nitrogens is 3. The van der Waals surface area contributed by atoms with Gasteiger partial charge in [0.05, 0.1) is 12.2 Å². The Morgan fingerprint density at radius 1 is 1.07 bits per heavy atom. The van der Waals surface area contributed by atoms with Crippen molar-refractivity contribution in [3.8, 4) is 0 Å². The minimum absolute atomic E-state index is 0.167. The first-order valence-corrected chi connectivity index (χ1v) is 10.3. The van der Waals surface area contributed by atoms with Crippen molar-refractivity contribution in [3.63, 3.8) is 0 Å². The summed E-state index contributed by atoms with van der Waals surface area (Å²) in [6.45, 7) is 2.51. The highest BCUT2D eigenvalue weighted by Gasteiger charge is 2.20. The van der Waals surface area contributed by atoms with Gasteiger partial charge in [0.25, 0.3) is 5.91 Å². The largest absolute Gasteiger partial charge is 0.350 e. The van der Waals surface area contributed by atoms with Gasteiger partial charge in [-0.25, -0.2) is 4.68 Å². The van der Waals surface area contributed by atoms with Gasteiger partial charge < -0.3 is 10.6 Å². The number of benzene rings is 2. The second kappa shape index (κ2) is 9.47. The van der Waals surface area contributed by atoms with Crippen LogP contribution in [0.3, 0.4) is 0 Å². The van der Waals surface area contributed by atoms with Gasteiger partial charge >= 0.3 is 0 Å². The molecule has 6 heteroatoms. The lowest BCUT2D eigenvalue weighted by molar-refractivity contribution is 0.0946. The maximum atomic E-state index is 12.7. The first-order valence-electron chi connectivity index (χ1n) is 10.3. The van der Waals surface area contributed by atoms with Gasteiger partial charge in [-0.1, -0.05) is 65.9 Å². The van der Waals surface area contributed by atoms with Crippen molar-refractivity contribution in [2.45, 2.75) is 31.2 Å². The molecule has 1 aliphatic heterocycles. The Hall–Kier alpha value is -2.99. The van der Waals surface area contributed by atoms with Crippen molar-refractivity contribution >= 4 is 5.91 Å². The van der Waals surface area contributed by atoms with Gasteiger partial charge in [-0.15, -0.1) is 5.10 Å². The molecule has 1 unspecified atom stereocenters. The second-order valence-electron chi connectivity index (χ2n) is 7.57. The Morgan fingerprint density at radius 2 is 1.76 bits per heavy atom. The number of hydrogen-bond donors (Lipinski definition) is 2. The molecule has 6 nitrogen and oxygen atoms in total. The van der Waals surface area contributed by atoms with Crippen LogP contribution in [0.5, 0.6) is 0 Å². The molecule has 29 heavy (non-hydrogen) atoms. The summed E-state index contributed by atoms with van der Waals surface area (Å²) < 4.78 is 1.84. The fraction of sp³-hybridized carbons (Fsp3) is 0.348. The Morgan fingerprint density at radius 3 is 2.48 bits per heavy atom. The average Bonchev–Trinajstić information content (AvgIpc) is 3.29. The number of carbonyl (C=O) groups excluding carboxylic acids is 1. The van der Waals surface area contributed by atoms with Crippen molar-refractivity contribution in [1.82, 2.24) is 25.6 Å². The van der Waals surface area contributed by atoms with E-state index in [9.17, 15) is 4.79 Å². The van der Waals surface area contributed by atoms with Crippen molar-refractivity contribution < 1.29 is 4.79 Å². The van der Waals surface area contributed by atoms with Crippen molar-refractivity contribution in [1.29, 1.82) is 0 Å². The number of rotatable bonds is 7. The van der Waals surface area contributed by atoms with Gasteiger partial charge in [-0.3, -0.25) is 4.79 Å². The zero-order chi connectivity index (χ0) is 19.9. The van der Waals surface area contributed by atoms with Gasteiger partial charge in [-0.05, 0) is 43.5 Å². The number of amides is 1. The molecule has 150 valence electrons. The summed E-state index contributed by atoms with van der Waals surface area (Å²) in [6, 6.07) is 21.0. The van der Waals surface area contributed by atoms with Gasteiger partial charge in [-0.2, -0.15) is 0 Å². The zero-order valence-corrected chi connectivity index (χ0v) is 16.5. The molecule has 2 aromatic carbocycles. The van der Waals surface area contributed by atoms with E-state index in [4.69, 9.17) is 0 Å². The number of carbonyl (C=O) groups is 1. The topological polar surface area (TPSA) is 71.8 Å². The predicted molar refractivity (Wildman–Crippen MR) is 113 cm³/mol. The van der Waals surface area contributed by atoms with E-state index in [1.165, 1.54) is 11.1 Å². The molecule has 0 saturated carbocycles. The Kier molecular flexibility index (Phi) is 6.32. The highest BCUT2D eigenvalue weighted by molar-refractivity contribution is 5.91. The lowest BCUT2D eigenvalue weighted by atomic mass is 9.92. The van der Waals surface area contributed by atoms with Crippen LogP contribution in [-0.2, 0) is 6.42 Å². The summed E-state index contributed by atoms with van der Waals surface area (Å²) in [5.41, 5.74) is 2.86. The van der Waals surface area contributed by atoms with E-state index in [-0.39, 0.29) is 11.8 Å². The molecule has 1 amide bonds. The molecule has 1 aliphatic rings. The SMILES string of the molecule is O=C(NCC(Cc1ccccc1)c1ccccc1)c1cn(C2CCNCC2)nn1. The summed E-state index contributed by atoms with van der Waals surface area (Å²) in [4.78, 5) is 12.7. The first kappa shape index (κ1) is 19.3. The summed E-state index contributed by atoms with van der Waals surface area (Å²) >= 11 is 0. The Bertz CT molecular complexity index is 903. The minimum atomic E-state index is -0.167. The van der Waals surface area contributed by atoms with Crippen molar-refractivity contribution in [2.24, 2.45) is 0 Å². The lowest BCUT2D eigenvalue weighted by Gasteiger charge is -2.22. The normalized spacial score (nSPS) is 15.7. The standard InChI is InChI=1S/C23H27N5O/c29-23(22-17-28(27-26-22)21-11-13-24-14-12-21)25-16-20(19-9-5-2-6-10-19)15-18-7-3-1-4-8-18/h1-10,17,20-21,24H,11-16H2,(H,25,29). The quantitative estimate of drug-likeness (QED) is 0.652. The van der Waals surface area contributed by atoms with E-state index in [0.717, 1.165) is 32.4 Å². The smallest absolute Gasteiger partial charge is 0.273 e. The van der Waals surface area contributed by atoms with Crippen LogP contribution in [0.2, 0.25) is 0 Å². The molecule has 1 saturated heterocycles. The monoisotopic (exact) mass is 389 g/mol. The summed E-state index contributed by atoms with van der Waals surface area (Å²) in [5, 5.41) is 14.7.